The van der Waals surface area contributed by atoms with E-state index in [0.717, 1.165) is 32.1 Å². The number of hydrogen-bond donors (Lipinski definition) is 0. The first-order valence-electron chi connectivity index (χ1n) is 5.54. The molecule has 0 bridgehead atoms. The van der Waals surface area contributed by atoms with Crippen molar-refractivity contribution in [3.63, 3.8) is 0 Å². The molecule has 15 heavy (non-hydrogen) atoms. The fourth-order valence-electron chi connectivity index (χ4n) is 2.18. The molecule has 1 saturated carbocycles. The molecule has 4 nitrogen and oxygen atoms in total. The minimum absolute atomic E-state index is 0.0946. The number of aliphatic carboxylic acids is 1. The van der Waals surface area contributed by atoms with Crippen molar-refractivity contribution in [3.8, 4) is 0 Å². The Balaban J connectivity index is 2.63. The van der Waals surface area contributed by atoms with Crippen LogP contribution in [0.4, 0.5) is 0 Å². The molecular weight excluding hydrogens is 196 g/mol. The highest BCUT2D eigenvalue weighted by Crippen LogP contribution is 2.30. The molecule has 0 saturated heterocycles. The first-order valence-corrected chi connectivity index (χ1v) is 5.54. The summed E-state index contributed by atoms with van der Waals surface area (Å²) in [6.07, 6.45) is 4.69. The zero-order valence-corrected chi connectivity index (χ0v) is 9.03. The van der Waals surface area contributed by atoms with E-state index in [-0.39, 0.29) is 12.5 Å². The van der Waals surface area contributed by atoms with Crippen LogP contribution in [0.2, 0.25) is 0 Å². The van der Waals surface area contributed by atoms with Gasteiger partial charge in [0.1, 0.15) is 0 Å². The van der Waals surface area contributed by atoms with Crippen LogP contribution in [0, 0.1) is 11.8 Å². The van der Waals surface area contributed by atoms with Gasteiger partial charge in [-0.2, -0.15) is 0 Å². The molecule has 4 heteroatoms. The van der Waals surface area contributed by atoms with Gasteiger partial charge in [0.15, 0.2) is 0 Å². The molecule has 1 rings (SSSR count). The predicted molar refractivity (Wildman–Crippen MR) is 51.7 cm³/mol. The summed E-state index contributed by atoms with van der Waals surface area (Å²) >= 11 is 0. The summed E-state index contributed by atoms with van der Waals surface area (Å²) < 4.78 is 4.76. The quantitative estimate of drug-likeness (QED) is 0.503. The van der Waals surface area contributed by atoms with Gasteiger partial charge in [0, 0.05) is 0 Å². The average Bonchev–Trinajstić information content (AvgIpc) is 2.19. The largest absolute Gasteiger partial charge is 0.549 e. The normalized spacial score (nSPS) is 19.5. The van der Waals surface area contributed by atoms with Gasteiger partial charge < -0.3 is 14.6 Å². The maximum absolute atomic E-state index is 11.4. The van der Waals surface area contributed by atoms with E-state index in [2.05, 4.69) is 0 Å². The summed E-state index contributed by atoms with van der Waals surface area (Å²) in [5.41, 5.74) is 0. The second-order valence-electron chi connectivity index (χ2n) is 3.95. The first-order chi connectivity index (χ1) is 7.16. The molecule has 0 radical (unpaired) electrons. The molecule has 0 aromatic heterocycles. The lowest BCUT2D eigenvalue weighted by Crippen LogP contribution is -2.42. The second-order valence-corrected chi connectivity index (χ2v) is 3.95. The first kappa shape index (κ1) is 12.0. The zero-order chi connectivity index (χ0) is 11.3. The summed E-state index contributed by atoms with van der Waals surface area (Å²) in [6, 6.07) is 0. The lowest BCUT2D eigenvalue weighted by atomic mass is 9.80. The van der Waals surface area contributed by atoms with Gasteiger partial charge in [-0.25, -0.2) is 0 Å². The lowest BCUT2D eigenvalue weighted by Gasteiger charge is -2.29. The van der Waals surface area contributed by atoms with E-state index in [1.807, 2.05) is 0 Å². The van der Waals surface area contributed by atoms with Crippen molar-refractivity contribution in [1.29, 1.82) is 0 Å². The van der Waals surface area contributed by atoms with Crippen molar-refractivity contribution in [2.45, 2.75) is 39.0 Å². The lowest BCUT2D eigenvalue weighted by molar-refractivity contribution is -0.312. The van der Waals surface area contributed by atoms with Crippen LogP contribution in [-0.2, 0) is 14.3 Å². The standard InChI is InChI=1S/C11H18O4/c1-2-15-11(14)9(10(12)13)8-6-4-3-5-7-8/h8-9H,2-7H2,1H3,(H,12,13)/p-1/t9-/m0/s1. The molecule has 1 aliphatic rings. The van der Waals surface area contributed by atoms with Gasteiger partial charge in [0.2, 0.25) is 0 Å². The minimum Gasteiger partial charge on any atom is -0.549 e. The molecule has 1 fully saturated rings. The van der Waals surface area contributed by atoms with Crippen molar-refractivity contribution < 1.29 is 19.4 Å². The number of hydrogen-bond acceptors (Lipinski definition) is 4. The molecule has 86 valence electrons. The Bertz CT molecular complexity index is 231. The summed E-state index contributed by atoms with van der Waals surface area (Å²) in [4.78, 5) is 22.3. The van der Waals surface area contributed by atoms with E-state index in [1.165, 1.54) is 0 Å². The van der Waals surface area contributed by atoms with Crippen LogP contribution in [0.5, 0.6) is 0 Å². The predicted octanol–water partition coefficient (Wildman–Crippen LogP) is 0.496. The van der Waals surface area contributed by atoms with Gasteiger partial charge in [-0.1, -0.05) is 19.3 Å². The van der Waals surface area contributed by atoms with Crippen molar-refractivity contribution in [3.05, 3.63) is 0 Å². The third-order valence-electron chi connectivity index (χ3n) is 2.92. The van der Waals surface area contributed by atoms with Gasteiger partial charge >= 0.3 is 5.97 Å². The Morgan fingerprint density at radius 1 is 1.33 bits per heavy atom. The number of carbonyl (C=O) groups excluding carboxylic acids is 2. The fourth-order valence-corrected chi connectivity index (χ4v) is 2.18. The van der Waals surface area contributed by atoms with Crippen molar-refractivity contribution >= 4 is 11.9 Å². The zero-order valence-electron chi connectivity index (χ0n) is 9.03. The minimum atomic E-state index is -1.29. The molecule has 0 heterocycles. The Kier molecular flexibility index (Phi) is 4.59. The third-order valence-corrected chi connectivity index (χ3v) is 2.92. The van der Waals surface area contributed by atoms with Crippen LogP contribution in [-0.4, -0.2) is 18.5 Å². The maximum atomic E-state index is 11.4. The van der Waals surface area contributed by atoms with Gasteiger partial charge in [-0.05, 0) is 25.7 Å². The molecule has 1 atom stereocenters. The number of carboxylic acids is 1. The second kappa shape index (κ2) is 5.73. The fraction of sp³-hybridized carbons (Fsp3) is 0.818. The van der Waals surface area contributed by atoms with E-state index >= 15 is 0 Å². The van der Waals surface area contributed by atoms with Crippen LogP contribution in [0.25, 0.3) is 0 Å². The van der Waals surface area contributed by atoms with E-state index in [4.69, 9.17) is 4.74 Å². The van der Waals surface area contributed by atoms with E-state index in [1.54, 1.807) is 6.92 Å². The highest BCUT2D eigenvalue weighted by molar-refractivity contribution is 5.93. The number of ether oxygens (including phenoxy) is 1. The summed E-state index contributed by atoms with van der Waals surface area (Å²) in [5.74, 6) is -3.09. The van der Waals surface area contributed by atoms with E-state index in [9.17, 15) is 14.7 Å². The van der Waals surface area contributed by atoms with Crippen molar-refractivity contribution in [1.82, 2.24) is 0 Å². The van der Waals surface area contributed by atoms with Gasteiger partial charge in [-0.15, -0.1) is 0 Å². The van der Waals surface area contributed by atoms with Crippen molar-refractivity contribution in [2.24, 2.45) is 11.8 Å². The average molecular weight is 213 g/mol. The number of rotatable bonds is 4. The molecule has 1 aliphatic carbocycles. The third kappa shape index (κ3) is 3.22. The molecule has 0 aromatic rings. The number of carboxylic acid groups (broad SMARTS) is 1. The van der Waals surface area contributed by atoms with Crippen LogP contribution >= 0.6 is 0 Å². The Morgan fingerprint density at radius 2 is 1.93 bits per heavy atom. The van der Waals surface area contributed by atoms with E-state index in [0.29, 0.717) is 0 Å². The summed E-state index contributed by atoms with van der Waals surface area (Å²) in [6.45, 7) is 1.89. The monoisotopic (exact) mass is 213 g/mol. The van der Waals surface area contributed by atoms with Crippen LogP contribution in [0.1, 0.15) is 39.0 Å². The molecule has 0 unspecified atom stereocenters. The smallest absolute Gasteiger partial charge is 0.314 e. The topological polar surface area (TPSA) is 66.4 Å². The maximum Gasteiger partial charge on any atom is 0.314 e. The summed E-state index contributed by atoms with van der Waals surface area (Å²) in [5, 5.41) is 10.9. The number of esters is 1. The molecule has 0 N–H and O–H groups in total. The highest BCUT2D eigenvalue weighted by atomic mass is 16.5. The van der Waals surface area contributed by atoms with Gasteiger partial charge in [0.05, 0.1) is 18.5 Å². The van der Waals surface area contributed by atoms with Gasteiger partial charge in [-0.3, -0.25) is 4.79 Å². The van der Waals surface area contributed by atoms with Crippen molar-refractivity contribution in [2.75, 3.05) is 6.61 Å². The molecule has 0 amide bonds. The molecule has 0 aromatic carbocycles. The van der Waals surface area contributed by atoms with Gasteiger partial charge in [0.25, 0.3) is 0 Å². The van der Waals surface area contributed by atoms with E-state index < -0.39 is 17.9 Å². The van der Waals surface area contributed by atoms with Crippen LogP contribution < -0.4 is 5.11 Å². The summed E-state index contributed by atoms with van der Waals surface area (Å²) in [7, 11) is 0. The molecule has 0 spiro atoms. The molecule has 0 aliphatic heterocycles. The highest BCUT2D eigenvalue weighted by Gasteiger charge is 2.31. The van der Waals surface area contributed by atoms with Crippen LogP contribution in [0.3, 0.4) is 0 Å². The Morgan fingerprint density at radius 3 is 2.40 bits per heavy atom. The van der Waals surface area contributed by atoms with Crippen LogP contribution in [0.15, 0.2) is 0 Å². The number of carbonyl (C=O) groups is 2. The SMILES string of the molecule is CCOC(=O)[C@H](C(=O)[O-])C1CCCCC1. The Hall–Kier alpha value is -1.06. The molecular formula is C11H17O4-. The Labute approximate surface area is 89.6 Å².